The Kier molecular flexibility index (Phi) is 6.30. The van der Waals surface area contributed by atoms with Crippen molar-refractivity contribution in [3.8, 4) is 22.9 Å². The molecule has 7 heteroatoms. The molecule has 0 bridgehead atoms. The second-order valence-corrected chi connectivity index (χ2v) is 5.81. The first-order valence-electron chi connectivity index (χ1n) is 8.59. The molecule has 0 spiro atoms. The molecule has 1 amide bonds. The Morgan fingerprint density at radius 2 is 1.57 bits per heavy atom. The standard InChI is InChI=1S/C21H21N3O4/c1-26-18-5-3-17(4-6-18)24-12-11-16(14-24)13-22-23-21(25)15-28-20-9-7-19(27-2)8-10-20/h3-14H,15H2,1-2H3,(H,23,25)/b22-13+. The van der Waals surface area contributed by atoms with Crippen LogP contribution in [0.15, 0.2) is 72.1 Å². The number of rotatable bonds is 8. The average Bonchev–Trinajstić information content (AvgIpc) is 3.21. The maximum atomic E-state index is 11.8. The molecule has 7 nitrogen and oxygen atoms in total. The summed E-state index contributed by atoms with van der Waals surface area (Å²) in [6, 6.07) is 16.6. The van der Waals surface area contributed by atoms with Crippen LogP contribution in [-0.4, -0.2) is 37.5 Å². The predicted molar refractivity (Wildman–Crippen MR) is 107 cm³/mol. The van der Waals surface area contributed by atoms with E-state index in [9.17, 15) is 4.79 Å². The van der Waals surface area contributed by atoms with Crippen molar-refractivity contribution < 1.29 is 19.0 Å². The predicted octanol–water partition coefficient (Wildman–Crippen LogP) is 3.02. The van der Waals surface area contributed by atoms with Crippen LogP contribution in [0.25, 0.3) is 5.69 Å². The molecule has 0 radical (unpaired) electrons. The van der Waals surface area contributed by atoms with Gasteiger partial charge in [-0.2, -0.15) is 5.10 Å². The van der Waals surface area contributed by atoms with Gasteiger partial charge in [-0.05, 0) is 54.6 Å². The number of nitrogens with one attached hydrogen (secondary N) is 1. The number of carbonyl (C=O) groups excluding carboxylic acids is 1. The lowest BCUT2D eigenvalue weighted by molar-refractivity contribution is -0.123. The Morgan fingerprint density at radius 3 is 2.21 bits per heavy atom. The van der Waals surface area contributed by atoms with Gasteiger partial charge in [0.05, 0.1) is 20.4 Å². The number of hydrogen-bond donors (Lipinski definition) is 1. The van der Waals surface area contributed by atoms with Gasteiger partial charge < -0.3 is 18.8 Å². The lowest BCUT2D eigenvalue weighted by atomic mass is 10.3. The van der Waals surface area contributed by atoms with Crippen molar-refractivity contribution in [1.82, 2.24) is 9.99 Å². The van der Waals surface area contributed by atoms with Gasteiger partial charge in [-0.1, -0.05) is 0 Å². The van der Waals surface area contributed by atoms with Crippen molar-refractivity contribution in [3.63, 3.8) is 0 Å². The highest BCUT2D eigenvalue weighted by molar-refractivity contribution is 5.82. The average molecular weight is 379 g/mol. The first-order chi connectivity index (χ1) is 13.7. The van der Waals surface area contributed by atoms with Gasteiger partial charge in [0.2, 0.25) is 0 Å². The van der Waals surface area contributed by atoms with Gasteiger partial charge in [0.1, 0.15) is 17.2 Å². The van der Waals surface area contributed by atoms with Crippen molar-refractivity contribution in [2.45, 2.75) is 0 Å². The molecule has 1 N–H and O–H groups in total. The normalized spacial score (nSPS) is 10.6. The highest BCUT2D eigenvalue weighted by atomic mass is 16.5. The third kappa shape index (κ3) is 5.14. The molecule has 2 aromatic carbocycles. The maximum absolute atomic E-state index is 11.8. The Balaban J connectivity index is 1.48. The monoisotopic (exact) mass is 379 g/mol. The van der Waals surface area contributed by atoms with Crippen molar-refractivity contribution >= 4 is 12.1 Å². The van der Waals surface area contributed by atoms with E-state index in [0.717, 1.165) is 22.7 Å². The van der Waals surface area contributed by atoms with Gasteiger partial charge in [-0.25, -0.2) is 5.43 Å². The lowest BCUT2D eigenvalue weighted by Gasteiger charge is -2.05. The maximum Gasteiger partial charge on any atom is 0.277 e. The third-order valence-corrected chi connectivity index (χ3v) is 3.92. The van der Waals surface area contributed by atoms with Gasteiger partial charge in [0.25, 0.3) is 5.91 Å². The summed E-state index contributed by atoms with van der Waals surface area (Å²) in [4.78, 5) is 11.8. The molecule has 0 aliphatic heterocycles. The number of ether oxygens (including phenoxy) is 3. The fourth-order valence-corrected chi connectivity index (χ4v) is 2.44. The summed E-state index contributed by atoms with van der Waals surface area (Å²) in [5, 5.41) is 3.96. The highest BCUT2D eigenvalue weighted by Gasteiger charge is 2.02. The van der Waals surface area contributed by atoms with Crippen molar-refractivity contribution in [1.29, 1.82) is 0 Å². The molecular formula is C21H21N3O4. The molecule has 28 heavy (non-hydrogen) atoms. The van der Waals surface area contributed by atoms with E-state index in [2.05, 4.69) is 10.5 Å². The molecule has 144 valence electrons. The van der Waals surface area contributed by atoms with Crippen LogP contribution in [-0.2, 0) is 4.79 Å². The van der Waals surface area contributed by atoms with Crippen LogP contribution in [0.1, 0.15) is 5.56 Å². The van der Waals surface area contributed by atoms with Crippen LogP contribution in [0.4, 0.5) is 0 Å². The van der Waals surface area contributed by atoms with E-state index in [-0.39, 0.29) is 12.5 Å². The second-order valence-electron chi connectivity index (χ2n) is 5.81. The van der Waals surface area contributed by atoms with E-state index >= 15 is 0 Å². The number of carbonyl (C=O) groups is 1. The number of benzene rings is 2. The highest BCUT2D eigenvalue weighted by Crippen LogP contribution is 2.17. The lowest BCUT2D eigenvalue weighted by Crippen LogP contribution is -2.24. The van der Waals surface area contributed by atoms with Crippen LogP contribution in [0.5, 0.6) is 17.2 Å². The fourth-order valence-electron chi connectivity index (χ4n) is 2.44. The largest absolute Gasteiger partial charge is 0.497 e. The fraction of sp³-hybridized carbons (Fsp3) is 0.143. The number of hydrazone groups is 1. The van der Waals surface area contributed by atoms with Crippen molar-refractivity contribution in [2.75, 3.05) is 20.8 Å². The molecular weight excluding hydrogens is 358 g/mol. The van der Waals surface area contributed by atoms with Gasteiger partial charge in [0, 0.05) is 23.6 Å². The summed E-state index contributed by atoms with van der Waals surface area (Å²) in [5.74, 6) is 1.76. The van der Waals surface area contributed by atoms with E-state index in [4.69, 9.17) is 14.2 Å². The first-order valence-corrected chi connectivity index (χ1v) is 8.59. The quantitative estimate of drug-likeness (QED) is 0.482. The summed E-state index contributed by atoms with van der Waals surface area (Å²) < 4.78 is 17.6. The molecule has 0 saturated heterocycles. The van der Waals surface area contributed by atoms with Gasteiger partial charge in [-0.3, -0.25) is 4.79 Å². The Labute approximate surface area is 163 Å². The molecule has 0 atom stereocenters. The topological polar surface area (TPSA) is 74.1 Å². The van der Waals surface area contributed by atoms with E-state index in [0.29, 0.717) is 5.75 Å². The Hall–Kier alpha value is -3.74. The number of amides is 1. The first kappa shape index (κ1) is 19.0. The van der Waals surface area contributed by atoms with E-state index in [1.165, 1.54) is 0 Å². The minimum atomic E-state index is -0.346. The zero-order chi connectivity index (χ0) is 19.8. The van der Waals surface area contributed by atoms with Crippen LogP contribution in [0.3, 0.4) is 0 Å². The van der Waals surface area contributed by atoms with Crippen molar-refractivity contribution in [3.05, 3.63) is 72.6 Å². The SMILES string of the molecule is COc1ccc(OCC(=O)N/N=C/c2ccn(-c3ccc(OC)cc3)c2)cc1. The number of aromatic nitrogens is 1. The molecule has 0 unspecified atom stereocenters. The number of methoxy groups -OCH3 is 2. The molecule has 0 fully saturated rings. The minimum absolute atomic E-state index is 0.128. The summed E-state index contributed by atoms with van der Waals surface area (Å²) in [6.07, 6.45) is 5.40. The minimum Gasteiger partial charge on any atom is -0.497 e. The summed E-state index contributed by atoms with van der Waals surface area (Å²) in [5.41, 5.74) is 4.29. The zero-order valence-electron chi connectivity index (χ0n) is 15.7. The van der Waals surface area contributed by atoms with Crippen molar-refractivity contribution in [2.24, 2.45) is 5.10 Å². The number of nitrogens with zero attached hydrogens (tertiary/aromatic N) is 2. The summed E-state index contributed by atoms with van der Waals surface area (Å²) in [6.45, 7) is -0.128. The van der Waals surface area contributed by atoms with Gasteiger partial charge >= 0.3 is 0 Å². The van der Waals surface area contributed by atoms with Gasteiger partial charge in [0.15, 0.2) is 6.61 Å². The van der Waals surface area contributed by atoms with E-state index < -0.39 is 0 Å². The molecule has 0 saturated carbocycles. The third-order valence-electron chi connectivity index (χ3n) is 3.92. The van der Waals surface area contributed by atoms with E-state index in [1.54, 1.807) is 44.7 Å². The smallest absolute Gasteiger partial charge is 0.277 e. The number of hydrogen-bond acceptors (Lipinski definition) is 5. The van der Waals surface area contributed by atoms with Gasteiger partial charge in [-0.15, -0.1) is 0 Å². The van der Waals surface area contributed by atoms with Crippen LogP contribution >= 0.6 is 0 Å². The second kappa shape index (κ2) is 9.27. The Bertz CT molecular complexity index is 931. The molecule has 1 heterocycles. The van der Waals surface area contributed by atoms with Crippen LogP contribution in [0.2, 0.25) is 0 Å². The summed E-state index contributed by atoms with van der Waals surface area (Å²) in [7, 11) is 3.22. The van der Waals surface area contributed by atoms with Crippen LogP contribution < -0.4 is 19.6 Å². The molecule has 1 aromatic heterocycles. The molecule has 3 aromatic rings. The molecule has 3 rings (SSSR count). The zero-order valence-corrected chi connectivity index (χ0v) is 15.7. The Morgan fingerprint density at radius 1 is 0.964 bits per heavy atom. The molecule has 0 aliphatic carbocycles. The summed E-state index contributed by atoms with van der Waals surface area (Å²) >= 11 is 0. The van der Waals surface area contributed by atoms with Crippen LogP contribution in [0, 0.1) is 0 Å². The van der Waals surface area contributed by atoms with E-state index in [1.807, 2.05) is 47.3 Å². The molecule has 0 aliphatic rings.